The van der Waals surface area contributed by atoms with Crippen LogP contribution in [0.1, 0.15) is 52.6 Å². The first-order valence-electron chi connectivity index (χ1n) is 14.8. The molecule has 11 nitrogen and oxygen atoms in total. The van der Waals surface area contributed by atoms with Crippen molar-refractivity contribution in [1.29, 1.82) is 0 Å². The molecular weight excluding hydrogens is 673 g/mol. The van der Waals surface area contributed by atoms with Crippen molar-refractivity contribution in [3.8, 4) is 11.5 Å². The lowest BCUT2D eigenvalue weighted by Crippen LogP contribution is -2.27. The van der Waals surface area contributed by atoms with E-state index in [0.717, 1.165) is 12.5 Å². The topological polar surface area (TPSA) is 180 Å². The molecule has 0 saturated carbocycles. The number of fused-ring (bicyclic) bond motifs is 2. The van der Waals surface area contributed by atoms with Crippen LogP contribution in [0.3, 0.4) is 0 Å². The molecule has 2 atom stereocenters. The second kappa shape index (κ2) is 12.2. The molecule has 2 unspecified atom stereocenters. The summed E-state index contributed by atoms with van der Waals surface area (Å²) in [5, 5.41) is 0. The molecule has 0 fully saturated rings. The van der Waals surface area contributed by atoms with Gasteiger partial charge in [0.05, 0.1) is 9.79 Å². The summed E-state index contributed by atoms with van der Waals surface area (Å²) < 4.78 is 52.7. The Morgan fingerprint density at radius 3 is 1.16 bits per heavy atom. The normalized spacial score (nSPS) is 17.2. The van der Waals surface area contributed by atoms with Crippen LogP contribution in [0.15, 0.2) is 94.7 Å². The van der Waals surface area contributed by atoms with E-state index in [1.165, 1.54) is 84.9 Å². The number of Topliss-reactive ketones (excluding diaryl/α,β-unsaturated/α-hetero) is 6. The first-order valence-corrected chi connectivity index (χ1v) is 18.6. The van der Waals surface area contributed by atoms with Crippen molar-refractivity contribution in [3.63, 3.8) is 0 Å². The molecule has 2 aliphatic rings. The standard InChI is InChI=1S/C36H26O11S2/c1-48(43,44)23-9-3-19(4-10-23)15-29(37)31-33(39)25-13-7-21(17-27(25)35(31)41)47-22-8-14-26-28(18-22)36(42)32(34(26)40)30(38)16-20-5-11-24(12-6-20)49(2,45)46/h3-14,17-18,31-32H,15-16H2,1-2H3. The van der Waals surface area contributed by atoms with Gasteiger partial charge in [0.1, 0.15) is 23.3 Å². The maximum atomic E-state index is 13.2. The number of ether oxygens (including phenoxy) is 1. The largest absolute Gasteiger partial charge is 0.457 e. The molecule has 49 heavy (non-hydrogen) atoms. The molecule has 4 aromatic carbocycles. The molecule has 13 heteroatoms. The van der Waals surface area contributed by atoms with Gasteiger partial charge in [0, 0.05) is 47.6 Å². The van der Waals surface area contributed by atoms with Crippen molar-refractivity contribution in [2.24, 2.45) is 11.8 Å². The molecule has 0 aliphatic heterocycles. The minimum absolute atomic E-state index is 0.0177. The van der Waals surface area contributed by atoms with E-state index in [1.54, 1.807) is 0 Å². The van der Waals surface area contributed by atoms with Crippen LogP contribution in [0.2, 0.25) is 0 Å². The van der Waals surface area contributed by atoms with E-state index in [0.29, 0.717) is 11.1 Å². The molecule has 0 N–H and O–H groups in total. The fourth-order valence-corrected chi connectivity index (χ4v) is 7.17. The van der Waals surface area contributed by atoms with Gasteiger partial charge in [0.15, 0.2) is 54.4 Å². The van der Waals surface area contributed by atoms with Gasteiger partial charge >= 0.3 is 0 Å². The van der Waals surface area contributed by atoms with Gasteiger partial charge in [0.25, 0.3) is 0 Å². The molecule has 0 bridgehead atoms. The lowest BCUT2D eigenvalue weighted by Gasteiger charge is -2.08. The molecule has 0 saturated heterocycles. The number of benzene rings is 4. The van der Waals surface area contributed by atoms with E-state index in [4.69, 9.17) is 4.74 Å². The lowest BCUT2D eigenvalue weighted by molar-refractivity contribution is -0.120. The summed E-state index contributed by atoms with van der Waals surface area (Å²) in [6.07, 6.45) is 1.59. The van der Waals surface area contributed by atoms with Gasteiger partial charge in [-0.15, -0.1) is 0 Å². The predicted molar refractivity (Wildman–Crippen MR) is 174 cm³/mol. The third-order valence-corrected chi connectivity index (χ3v) is 10.7. The highest BCUT2D eigenvalue weighted by Crippen LogP contribution is 2.36. The van der Waals surface area contributed by atoms with Gasteiger partial charge in [-0.3, -0.25) is 28.8 Å². The quantitative estimate of drug-likeness (QED) is 0.219. The van der Waals surface area contributed by atoms with Gasteiger partial charge in [-0.05, 0) is 71.8 Å². The molecular formula is C36H26O11S2. The first-order chi connectivity index (χ1) is 23.0. The molecule has 6 rings (SSSR count). The van der Waals surface area contributed by atoms with E-state index >= 15 is 0 Å². The average Bonchev–Trinajstić information content (AvgIpc) is 3.43. The van der Waals surface area contributed by atoms with Crippen LogP contribution in [-0.2, 0) is 42.1 Å². The van der Waals surface area contributed by atoms with Gasteiger partial charge in [-0.25, -0.2) is 16.8 Å². The molecule has 0 amide bonds. The minimum Gasteiger partial charge on any atom is -0.457 e. The Morgan fingerprint density at radius 1 is 0.510 bits per heavy atom. The third kappa shape index (κ3) is 6.42. The Labute approximate surface area is 280 Å². The van der Waals surface area contributed by atoms with Crippen LogP contribution in [0.5, 0.6) is 11.5 Å². The fraction of sp³-hybridized carbons (Fsp3) is 0.167. The summed E-state index contributed by atoms with van der Waals surface area (Å²) in [7, 11) is -6.88. The molecule has 4 aromatic rings. The first kappa shape index (κ1) is 33.5. The SMILES string of the molecule is CS(=O)(=O)c1ccc(CC(=O)C2C(=O)c3ccc(Oc4ccc5c(c4)C(=O)C(C(=O)Cc4ccc(S(C)(=O)=O)cc4)C5=O)cc3C2=O)cc1. The zero-order valence-electron chi connectivity index (χ0n) is 26.0. The lowest BCUT2D eigenvalue weighted by atomic mass is 9.94. The maximum absolute atomic E-state index is 13.2. The fourth-order valence-electron chi connectivity index (χ4n) is 5.91. The highest BCUT2D eigenvalue weighted by atomic mass is 32.2. The number of ketones is 6. The smallest absolute Gasteiger partial charge is 0.182 e. The Bertz CT molecular complexity index is 2190. The van der Waals surface area contributed by atoms with Crippen LogP contribution in [0.25, 0.3) is 0 Å². The average molecular weight is 699 g/mol. The summed E-state index contributed by atoms with van der Waals surface area (Å²) >= 11 is 0. The third-order valence-electron chi connectivity index (χ3n) is 8.43. The number of sulfone groups is 2. The van der Waals surface area contributed by atoms with Crippen molar-refractivity contribution >= 4 is 54.4 Å². The molecule has 0 heterocycles. The van der Waals surface area contributed by atoms with Crippen molar-refractivity contribution in [2.45, 2.75) is 22.6 Å². The second-order valence-electron chi connectivity index (χ2n) is 12.0. The number of carbonyl (C=O) groups is 6. The molecule has 2 aliphatic carbocycles. The molecule has 0 spiro atoms. The van der Waals surface area contributed by atoms with Crippen LogP contribution in [-0.4, -0.2) is 64.0 Å². The summed E-state index contributed by atoms with van der Waals surface area (Å²) in [5.74, 6) is -6.89. The van der Waals surface area contributed by atoms with Gasteiger partial charge in [-0.1, -0.05) is 24.3 Å². The minimum atomic E-state index is -3.44. The van der Waals surface area contributed by atoms with Crippen LogP contribution in [0, 0.1) is 11.8 Å². The van der Waals surface area contributed by atoms with E-state index < -0.39 is 66.2 Å². The summed E-state index contributed by atoms with van der Waals surface area (Å²) in [4.78, 5) is 78.8. The van der Waals surface area contributed by atoms with E-state index in [-0.39, 0.29) is 56.4 Å². The number of hydrogen-bond donors (Lipinski definition) is 0. The Hall–Kier alpha value is -5.40. The zero-order chi connectivity index (χ0) is 35.4. The van der Waals surface area contributed by atoms with Crippen molar-refractivity contribution in [2.75, 3.05) is 12.5 Å². The van der Waals surface area contributed by atoms with Gasteiger partial charge in [-0.2, -0.15) is 0 Å². The van der Waals surface area contributed by atoms with Crippen molar-refractivity contribution < 1.29 is 50.3 Å². The Kier molecular flexibility index (Phi) is 8.37. The van der Waals surface area contributed by atoms with Gasteiger partial charge in [0.2, 0.25) is 0 Å². The van der Waals surface area contributed by atoms with Crippen molar-refractivity contribution in [1.82, 2.24) is 0 Å². The maximum Gasteiger partial charge on any atom is 0.182 e. The number of rotatable bonds is 10. The summed E-state index contributed by atoms with van der Waals surface area (Å²) in [5.41, 5.74) is 0.937. The monoisotopic (exact) mass is 698 g/mol. The second-order valence-corrected chi connectivity index (χ2v) is 16.0. The summed E-state index contributed by atoms with van der Waals surface area (Å²) in [6.45, 7) is 0. The van der Waals surface area contributed by atoms with Crippen molar-refractivity contribution in [3.05, 3.63) is 118 Å². The highest BCUT2D eigenvalue weighted by Gasteiger charge is 2.44. The molecule has 248 valence electrons. The number of hydrogen-bond acceptors (Lipinski definition) is 11. The zero-order valence-corrected chi connectivity index (χ0v) is 27.6. The van der Waals surface area contributed by atoms with E-state index in [2.05, 4.69) is 0 Å². The molecule has 0 aromatic heterocycles. The Balaban J connectivity index is 1.15. The summed E-state index contributed by atoms with van der Waals surface area (Å²) in [6, 6.07) is 19.4. The van der Waals surface area contributed by atoms with Crippen LogP contribution < -0.4 is 4.74 Å². The highest BCUT2D eigenvalue weighted by molar-refractivity contribution is 7.91. The van der Waals surface area contributed by atoms with E-state index in [9.17, 15) is 45.6 Å². The van der Waals surface area contributed by atoms with Crippen LogP contribution in [0.4, 0.5) is 0 Å². The number of carbonyl (C=O) groups excluding carboxylic acids is 6. The Morgan fingerprint density at radius 2 is 0.837 bits per heavy atom. The van der Waals surface area contributed by atoms with Crippen LogP contribution >= 0.6 is 0 Å². The molecule has 0 radical (unpaired) electrons. The van der Waals surface area contributed by atoms with E-state index in [1.807, 2.05) is 0 Å². The predicted octanol–water partition coefficient (Wildman–Crippen LogP) is 3.90. The van der Waals surface area contributed by atoms with Gasteiger partial charge < -0.3 is 4.74 Å².